The third-order valence-corrected chi connectivity index (χ3v) is 11.2. The first-order valence-electron chi connectivity index (χ1n) is 11.2. The van der Waals surface area contributed by atoms with E-state index < -0.39 is 8.32 Å². The largest absolute Gasteiger partial charge is 0.492 e. The van der Waals surface area contributed by atoms with Crippen LogP contribution in [0.2, 0.25) is 23.2 Å². The number of ether oxygens (including phenoxy) is 2. The Kier molecular flexibility index (Phi) is 7.68. The van der Waals surface area contributed by atoms with Gasteiger partial charge >= 0.3 is 0 Å². The summed E-state index contributed by atoms with van der Waals surface area (Å²) < 4.78 is 17.4. The number of rotatable bonds is 10. The maximum absolute atomic E-state index is 12.9. The summed E-state index contributed by atoms with van der Waals surface area (Å²) in [5.74, 6) is 1.40. The number of carbonyl (C=O) groups excluding carboxylic acids is 1. The highest BCUT2D eigenvalue weighted by Crippen LogP contribution is 2.43. The Balaban J connectivity index is 1.57. The molecule has 174 valence electrons. The fraction of sp³-hybridized carbons (Fsp3) is 0.520. The number of hydrogen-bond donors (Lipinski definition) is 0. The van der Waals surface area contributed by atoms with E-state index in [0.29, 0.717) is 47.0 Å². The molecule has 0 bridgehead atoms. The standard InChI is InChI=1S/C25H34ClNO4Si/c1-25(2,3)32(5,6)31-15-7-14-30-22-13-10-18(16-20(22)26)23(28)21-12-11-19(17-8-9-17)24(27-21)29-4/h10-13,16-17H,7-9,14-15H2,1-6H3. The number of nitrogens with zero attached hydrogens (tertiary/aromatic N) is 1. The smallest absolute Gasteiger partial charge is 0.217 e. The van der Waals surface area contributed by atoms with Gasteiger partial charge in [0.25, 0.3) is 0 Å². The topological polar surface area (TPSA) is 57.7 Å². The van der Waals surface area contributed by atoms with Crippen molar-refractivity contribution >= 4 is 25.7 Å². The van der Waals surface area contributed by atoms with Gasteiger partial charge in [0.15, 0.2) is 8.32 Å². The minimum atomic E-state index is -1.74. The van der Waals surface area contributed by atoms with Crippen LogP contribution in [-0.2, 0) is 4.43 Å². The number of hydrogen-bond acceptors (Lipinski definition) is 5. The van der Waals surface area contributed by atoms with E-state index in [1.54, 1.807) is 31.4 Å². The Bertz CT molecular complexity index is 967. The van der Waals surface area contributed by atoms with Gasteiger partial charge in [0.05, 0.1) is 18.7 Å². The maximum Gasteiger partial charge on any atom is 0.217 e. The van der Waals surface area contributed by atoms with E-state index in [1.807, 2.05) is 6.07 Å². The number of ketones is 1. The van der Waals surface area contributed by atoms with Gasteiger partial charge in [-0.1, -0.05) is 38.4 Å². The lowest BCUT2D eigenvalue weighted by Gasteiger charge is -2.36. The van der Waals surface area contributed by atoms with Crippen LogP contribution in [0.25, 0.3) is 0 Å². The third kappa shape index (κ3) is 5.91. The van der Waals surface area contributed by atoms with Gasteiger partial charge < -0.3 is 13.9 Å². The summed E-state index contributed by atoms with van der Waals surface area (Å²) in [6, 6.07) is 8.80. The van der Waals surface area contributed by atoms with Crippen LogP contribution in [0.5, 0.6) is 11.6 Å². The first-order valence-corrected chi connectivity index (χ1v) is 14.5. The average Bonchev–Trinajstić information content (AvgIpc) is 3.58. The summed E-state index contributed by atoms with van der Waals surface area (Å²) in [4.78, 5) is 17.3. The van der Waals surface area contributed by atoms with Crippen molar-refractivity contribution in [1.29, 1.82) is 0 Å². The molecule has 1 aliphatic rings. The van der Waals surface area contributed by atoms with E-state index in [0.717, 1.165) is 24.8 Å². The normalized spacial score (nSPS) is 14.3. The van der Waals surface area contributed by atoms with Gasteiger partial charge in [0.1, 0.15) is 11.4 Å². The van der Waals surface area contributed by atoms with Crippen molar-refractivity contribution in [3.8, 4) is 11.6 Å². The Hall–Kier alpha value is -1.89. The zero-order chi connectivity index (χ0) is 23.5. The second-order valence-corrected chi connectivity index (χ2v) is 15.1. The molecular weight excluding hydrogens is 442 g/mol. The minimum Gasteiger partial charge on any atom is -0.492 e. The van der Waals surface area contributed by atoms with Crippen LogP contribution in [0.3, 0.4) is 0 Å². The first-order chi connectivity index (χ1) is 15.0. The molecule has 1 aromatic carbocycles. The SMILES string of the molecule is COc1nc(C(=O)c2ccc(OCCCO[Si](C)(C)C(C)(C)C)c(Cl)c2)ccc1C1CC1. The number of halogens is 1. The summed E-state index contributed by atoms with van der Waals surface area (Å²) in [5.41, 5.74) is 1.89. The van der Waals surface area contributed by atoms with Crippen molar-refractivity contribution in [2.75, 3.05) is 20.3 Å². The van der Waals surface area contributed by atoms with Crippen LogP contribution in [0.1, 0.15) is 67.6 Å². The zero-order valence-electron chi connectivity index (χ0n) is 20.0. The highest BCUT2D eigenvalue weighted by molar-refractivity contribution is 6.74. The number of methoxy groups -OCH3 is 1. The fourth-order valence-electron chi connectivity index (χ4n) is 3.14. The number of aromatic nitrogens is 1. The van der Waals surface area contributed by atoms with Crippen LogP contribution < -0.4 is 9.47 Å². The monoisotopic (exact) mass is 475 g/mol. The van der Waals surface area contributed by atoms with Crippen LogP contribution in [0.4, 0.5) is 0 Å². The summed E-state index contributed by atoms with van der Waals surface area (Å²) in [6.45, 7) is 12.3. The Morgan fingerprint density at radius 3 is 2.47 bits per heavy atom. The molecular formula is C25H34ClNO4Si. The molecule has 32 heavy (non-hydrogen) atoms. The molecule has 0 aliphatic heterocycles. The van der Waals surface area contributed by atoms with Gasteiger partial charge in [-0.05, 0) is 61.2 Å². The second kappa shape index (κ2) is 9.94. The molecule has 7 heteroatoms. The fourth-order valence-corrected chi connectivity index (χ4v) is 4.46. The van der Waals surface area contributed by atoms with Gasteiger partial charge in [0.2, 0.25) is 11.7 Å². The van der Waals surface area contributed by atoms with E-state index in [4.69, 9.17) is 25.5 Å². The Labute approximate surface area is 197 Å². The van der Waals surface area contributed by atoms with E-state index in [1.165, 1.54) is 0 Å². The molecule has 1 heterocycles. The van der Waals surface area contributed by atoms with Crippen LogP contribution in [-0.4, -0.2) is 39.4 Å². The van der Waals surface area contributed by atoms with Crippen LogP contribution >= 0.6 is 11.6 Å². The molecule has 2 aromatic rings. The Morgan fingerprint density at radius 2 is 1.88 bits per heavy atom. The second-order valence-electron chi connectivity index (χ2n) is 9.85. The van der Waals surface area contributed by atoms with Crippen LogP contribution in [0.15, 0.2) is 30.3 Å². The lowest BCUT2D eigenvalue weighted by molar-refractivity contribution is 0.103. The molecule has 1 aliphatic carbocycles. The van der Waals surface area contributed by atoms with E-state index in [2.05, 4.69) is 38.8 Å². The van der Waals surface area contributed by atoms with Crippen molar-refractivity contribution in [1.82, 2.24) is 4.98 Å². The van der Waals surface area contributed by atoms with Crippen molar-refractivity contribution in [2.24, 2.45) is 0 Å². The van der Waals surface area contributed by atoms with Crippen molar-refractivity contribution in [2.45, 2.75) is 64.1 Å². The number of benzene rings is 1. The molecule has 0 atom stereocenters. The molecule has 3 rings (SSSR count). The zero-order valence-corrected chi connectivity index (χ0v) is 21.7. The minimum absolute atomic E-state index is 0.191. The lowest BCUT2D eigenvalue weighted by Crippen LogP contribution is -2.41. The van der Waals surface area contributed by atoms with Gasteiger partial charge in [-0.3, -0.25) is 4.79 Å². The van der Waals surface area contributed by atoms with Gasteiger partial charge in [-0.15, -0.1) is 0 Å². The van der Waals surface area contributed by atoms with Crippen molar-refractivity contribution in [3.63, 3.8) is 0 Å². The van der Waals surface area contributed by atoms with E-state index >= 15 is 0 Å². The van der Waals surface area contributed by atoms with E-state index in [-0.39, 0.29) is 10.8 Å². The van der Waals surface area contributed by atoms with E-state index in [9.17, 15) is 4.79 Å². The molecule has 0 N–H and O–H groups in total. The third-order valence-electron chi connectivity index (χ3n) is 6.34. The molecule has 0 saturated heterocycles. The van der Waals surface area contributed by atoms with Gasteiger partial charge in [-0.25, -0.2) is 4.98 Å². The van der Waals surface area contributed by atoms with Crippen molar-refractivity contribution in [3.05, 3.63) is 52.2 Å². The summed E-state index contributed by atoms with van der Waals surface area (Å²) in [5, 5.41) is 0.596. The highest BCUT2D eigenvalue weighted by atomic mass is 35.5. The molecule has 0 unspecified atom stereocenters. The molecule has 1 fully saturated rings. The van der Waals surface area contributed by atoms with Gasteiger partial charge in [0, 0.05) is 24.2 Å². The quantitative estimate of drug-likeness (QED) is 0.219. The molecule has 1 aromatic heterocycles. The number of carbonyl (C=O) groups is 1. The predicted octanol–water partition coefficient (Wildman–Crippen LogP) is 6.64. The number of pyridine rings is 1. The molecule has 0 radical (unpaired) electrons. The lowest BCUT2D eigenvalue weighted by atomic mass is 10.1. The van der Waals surface area contributed by atoms with Crippen molar-refractivity contribution < 1.29 is 18.7 Å². The predicted molar refractivity (Wildman–Crippen MR) is 131 cm³/mol. The first kappa shape index (κ1) is 24.7. The summed E-state index contributed by atoms with van der Waals surface area (Å²) in [6.07, 6.45) is 3.07. The summed E-state index contributed by atoms with van der Waals surface area (Å²) in [7, 11) is -0.159. The highest BCUT2D eigenvalue weighted by Gasteiger charge is 2.36. The Morgan fingerprint density at radius 1 is 1.16 bits per heavy atom. The van der Waals surface area contributed by atoms with Gasteiger partial charge in [-0.2, -0.15) is 0 Å². The molecule has 1 saturated carbocycles. The average molecular weight is 476 g/mol. The molecule has 5 nitrogen and oxygen atoms in total. The molecule has 0 spiro atoms. The maximum atomic E-state index is 12.9. The summed E-state index contributed by atoms with van der Waals surface area (Å²) >= 11 is 6.39. The van der Waals surface area contributed by atoms with Crippen LogP contribution in [0, 0.1) is 0 Å². The molecule has 0 amide bonds.